The molecular formula is C46H31NO. The van der Waals surface area contributed by atoms with Crippen LogP contribution in [-0.4, -0.2) is 0 Å². The standard InChI is InChI=1S/C46H31NO/c1-3-13-32(14-4-1)34-25-28-37(29-26-34)47(38-30-27-33-15-7-8-18-36(33)31-38)43-23-12-24-44-45(43)41-20-10-9-19-40(41)42-22-11-21-39(46(42)48-44)35-16-5-2-6-17-35/h1-31H. The van der Waals surface area contributed by atoms with Crippen molar-refractivity contribution in [1.29, 1.82) is 0 Å². The van der Waals surface area contributed by atoms with Gasteiger partial charge in [-0.1, -0.05) is 152 Å². The largest absolute Gasteiger partial charge is 0.455 e. The summed E-state index contributed by atoms with van der Waals surface area (Å²) in [7, 11) is 0. The smallest absolute Gasteiger partial charge is 0.143 e. The van der Waals surface area contributed by atoms with E-state index in [2.05, 4.69) is 193 Å². The van der Waals surface area contributed by atoms with Crippen molar-refractivity contribution in [1.82, 2.24) is 0 Å². The van der Waals surface area contributed by atoms with E-state index in [4.69, 9.17) is 4.74 Å². The highest BCUT2D eigenvalue weighted by Crippen LogP contribution is 2.54. The van der Waals surface area contributed by atoms with Gasteiger partial charge in [0.25, 0.3) is 0 Å². The van der Waals surface area contributed by atoms with Crippen LogP contribution in [0.1, 0.15) is 0 Å². The van der Waals surface area contributed by atoms with Gasteiger partial charge in [0.15, 0.2) is 0 Å². The lowest BCUT2D eigenvalue weighted by atomic mass is 9.91. The van der Waals surface area contributed by atoms with E-state index in [-0.39, 0.29) is 0 Å². The summed E-state index contributed by atoms with van der Waals surface area (Å²) in [4.78, 5) is 2.37. The van der Waals surface area contributed by atoms with Gasteiger partial charge in [0.2, 0.25) is 0 Å². The zero-order chi connectivity index (χ0) is 31.9. The van der Waals surface area contributed by atoms with Gasteiger partial charge in [-0.25, -0.2) is 0 Å². The molecule has 0 saturated carbocycles. The Morgan fingerprint density at radius 3 is 1.73 bits per heavy atom. The molecule has 0 fully saturated rings. The molecular weight excluding hydrogens is 583 g/mol. The van der Waals surface area contributed by atoms with E-state index in [0.717, 1.165) is 61.9 Å². The van der Waals surface area contributed by atoms with Crippen molar-refractivity contribution < 1.29 is 4.74 Å². The van der Waals surface area contributed by atoms with Crippen molar-refractivity contribution >= 4 is 27.8 Å². The summed E-state index contributed by atoms with van der Waals surface area (Å²) in [6.45, 7) is 0. The third-order valence-corrected chi connectivity index (χ3v) is 9.27. The first-order chi connectivity index (χ1) is 23.8. The molecule has 0 saturated heterocycles. The van der Waals surface area contributed by atoms with Crippen molar-refractivity contribution in [3.63, 3.8) is 0 Å². The van der Waals surface area contributed by atoms with Crippen molar-refractivity contribution in [2.45, 2.75) is 0 Å². The molecule has 2 nitrogen and oxygen atoms in total. The Morgan fingerprint density at radius 1 is 0.354 bits per heavy atom. The number of para-hydroxylation sites is 1. The molecule has 0 amide bonds. The molecule has 0 unspecified atom stereocenters. The molecule has 0 aliphatic carbocycles. The maximum atomic E-state index is 7.05. The summed E-state index contributed by atoms with van der Waals surface area (Å²) < 4.78 is 7.05. The van der Waals surface area contributed by atoms with Gasteiger partial charge in [-0.2, -0.15) is 0 Å². The first kappa shape index (κ1) is 27.9. The molecule has 1 aliphatic rings. The van der Waals surface area contributed by atoms with Gasteiger partial charge in [0, 0.05) is 28.1 Å². The zero-order valence-corrected chi connectivity index (χ0v) is 26.3. The SMILES string of the molecule is c1ccc(-c2ccc(N(c3ccc4ccccc4c3)c3cccc4c3-c3ccccc3-c3cccc(-c5ccccc5)c3O4)cc2)cc1. The Labute approximate surface area is 280 Å². The molecule has 8 aromatic rings. The summed E-state index contributed by atoms with van der Waals surface area (Å²) in [5, 5.41) is 2.41. The van der Waals surface area contributed by atoms with Crippen molar-refractivity contribution in [2.24, 2.45) is 0 Å². The molecule has 0 bridgehead atoms. The van der Waals surface area contributed by atoms with Gasteiger partial charge >= 0.3 is 0 Å². The Morgan fingerprint density at radius 2 is 0.938 bits per heavy atom. The quantitative estimate of drug-likeness (QED) is 0.191. The second-order valence-electron chi connectivity index (χ2n) is 12.1. The number of hydrogen-bond donors (Lipinski definition) is 0. The summed E-state index contributed by atoms with van der Waals surface area (Å²) in [5.41, 5.74) is 12.2. The number of nitrogens with zero attached hydrogens (tertiary/aromatic N) is 1. The molecule has 2 heteroatoms. The summed E-state index contributed by atoms with van der Waals surface area (Å²) >= 11 is 0. The van der Waals surface area contributed by atoms with E-state index in [0.29, 0.717) is 0 Å². The minimum absolute atomic E-state index is 0.828. The van der Waals surface area contributed by atoms with Crippen molar-refractivity contribution in [3.05, 3.63) is 188 Å². The van der Waals surface area contributed by atoms with Gasteiger partial charge < -0.3 is 9.64 Å². The minimum Gasteiger partial charge on any atom is -0.455 e. The lowest BCUT2D eigenvalue weighted by molar-refractivity contribution is 0.489. The molecule has 0 radical (unpaired) electrons. The number of rotatable bonds is 5. The number of benzene rings is 8. The highest BCUT2D eigenvalue weighted by Gasteiger charge is 2.28. The van der Waals surface area contributed by atoms with Gasteiger partial charge in [-0.15, -0.1) is 0 Å². The predicted molar refractivity (Wildman–Crippen MR) is 200 cm³/mol. The lowest BCUT2D eigenvalue weighted by Crippen LogP contribution is -2.11. The van der Waals surface area contributed by atoms with Crippen LogP contribution in [-0.2, 0) is 0 Å². The van der Waals surface area contributed by atoms with Crippen LogP contribution in [0.5, 0.6) is 11.5 Å². The van der Waals surface area contributed by atoms with Crippen LogP contribution in [0.25, 0.3) is 55.3 Å². The van der Waals surface area contributed by atoms with Crippen molar-refractivity contribution in [3.8, 4) is 56.0 Å². The number of ether oxygens (including phenoxy) is 1. The Hall–Kier alpha value is -6.38. The van der Waals surface area contributed by atoms with Crippen LogP contribution < -0.4 is 9.64 Å². The third kappa shape index (κ3) is 4.83. The van der Waals surface area contributed by atoms with E-state index in [1.54, 1.807) is 0 Å². The summed E-state index contributed by atoms with van der Waals surface area (Å²) in [6.07, 6.45) is 0. The number of fused-ring (bicyclic) bond motifs is 6. The van der Waals surface area contributed by atoms with Crippen LogP contribution in [0.4, 0.5) is 17.1 Å². The normalized spacial score (nSPS) is 11.5. The highest BCUT2D eigenvalue weighted by atomic mass is 16.5. The van der Waals surface area contributed by atoms with E-state index in [1.165, 1.54) is 21.9 Å². The number of hydrogen-bond acceptors (Lipinski definition) is 2. The first-order valence-corrected chi connectivity index (χ1v) is 16.4. The fourth-order valence-corrected chi connectivity index (χ4v) is 6.99. The van der Waals surface area contributed by atoms with Crippen LogP contribution in [0.2, 0.25) is 0 Å². The first-order valence-electron chi connectivity index (χ1n) is 16.4. The third-order valence-electron chi connectivity index (χ3n) is 9.27. The molecule has 0 spiro atoms. The molecule has 0 N–H and O–H groups in total. The molecule has 1 aliphatic heterocycles. The number of anilines is 3. The second-order valence-corrected chi connectivity index (χ2v) is 12.1. The highest BCUT2D eigenvalue weighted by molar-refractivity contribution is 6.01. The molecule has 8 aromatic carbocycles. The molecule has 0 aromatic heterocycles. The van der Waals surface area contributed by atoms with E-state index < -0.39 is 0 Å². The molecule has 9 rings (SSSR count). The van der Waals surface area contributed by atoms with Crippen LogP contribution in [0, 0.1) is 0 Å². The zero-order valence-electron chi connectivity index (χ0n) is 26.3. The average Bonchev–Trinajstić information content (AvgIpc) is 3.31. The van der Waals surface area contributed by atoms with Crippen molar-refractivity contribution in [2.75, 3.05) is 4.90 Å². The maximum Gasteiger partial charge on any atom is 0.143 e. The minimum atomic E-state index is 0.828. The fraction of sp³-hybridized carbons (Fsp3) is 0. The molecule has 0 atom stereocenters. The Balaban J connectivity index is 1.28. The van der Waals surface area contributed by atoms with E-state index in [1.807, 2.05) is 0 Å². The van der Waals surface area contributed by atoms with Gasteiger partial charge in [0.05, 0.1) is 5.69 Å². The average molecular weight is 614 g/mol. The van der Waals surface area contributed by atoms with Gasteiger partial charge in [0.1, 0.15) is 11.5 Å². The molecule has 226 valence electrons. The summed E-state index contributed by atoms with van der Waals surface area (Å²) in [5.74, 6) is 1.70. The summed E-state index contributed by atoms with van der Waals surface area (Å²) in [6, 6.07) is 66.8. The monoisotopic (exact) mass is 613 g/mol. The predicted octanol–water partition coefficient (Wildman–Crippen LogP) is 13.1. The molecule has 1 heterocycles. The Kier molecular flexibility index (Phi) is 6.84. The van der Waals surface area contributed by atoms with Crippen LogP contribution in [0.15, 0.2) is 188 Å². The van der Waals surface area contributed by atoms with Gasteiger partial charge in [-0.3, -0.25) is 0 Å². The fourth-order valence-electron chi connectivity index (χ4n) is 6.99. The van der Waals surface area contributed by atoms with Gasteiger partial charge in [-0.05, 0) is 75.0 Å². The maximum absolute atomic E-state index is 7.05. The van der Waals surface area contributed by atoms with Crippen LogP contribution >= 0.6 is 0 Å². The lowest BCUT2D eigenvalue weighted by Gasteiger charge is -2.29. The van der Waals surface area contributed by atoms with Crippen LogP contribution in [0.3, 0.4) is 0 Å². The van der Waals surface area contributed by atoms with E-state index >= 15 is 0 Å². The van der Waals surface area contributed by atoms with E-state index in [9.17, 15) is 0 Å². The second kappa shape index (κ2) is 11.8. The molecule has 48 heavy (non-hydrogen) atoms. The Bertz CT molecular complexity index is 2410. The topological polar surface area (TPSA) is 12.5 Å².